The highest BCUT2D eigenvalue weighted by Gasteiger charge is 2.34. The summed E-state index contributed by atoms with van der Waals surface area (Å²) in [5.41, 5.74) is 1.93. The molecular weight excluding hydrogens is 408 g/mol. The number of nitrogens with zero attached hydrogens (tertiary/aromatic N) is 1. The van der Waals surface area contributed by atoms with E-state index >= 15 is 0 Å². The molecule has 0 spiro atoms. The maximum atomic E-state index is 13.1. The highest BCUT2D eigenvalue weighted by atomic mass is 35.5. The summed E-state index contributed by atoms with van der Waals surface area (Å²) in [6.07, 6.45) is 2.51. The number of carbonyl (C=O) groups excluding carboxylic acids is 1. The van der Waals surface area contributed by atoms with E-state index in [1.807, 2.05) is 24.3 Å². The molecule has 5 nitrogen and oxygen atoms in total. The second-order valence-electron chi connectivity index (χ2n) is 7.75. The molecule has 1 saturated heterocycles. The zero-order valence-corrected chi connectivity index (χ0v) is 18.3. The fraction of sp³-hybridized carbons (Fsp3) is 0.409. The maximum absolute atomic E-state index is 13.1. The lowest BCUT2D eigenvalue weighted by atomic mass is 10.0. The molecule has 1 unspecified atom stereocenters. The van der Waals surface area contributed by atoms with Crippen molar-refractivity contribution in [3.63, 3.8) is 0 Å². The number of halogens is 1. The van der Waals surface area contributed by atoms with Gasteiger partial charge in [0.1, 0.15) is 0 Å². The van der Waals surface area contributed by atoms with Crippen LogP contribution in [0, 0.1) is 0 Å². The zero-order chi connectivity index (χ0) is 21.0. The summed E-state index contributed by atoms with van der Waals surface area (Å²) in [4.78, 5) is 12.8. The average molecular weight is 435 g/mol. The average Bonchev–Trinajstić information content (AvgIpc) is 2.69. The van der Waals surface area contributed by atoms with Crippen LogP contribution in [-0.4, -0.2) is 31.2 Å². The molecule has 0 aliphatic carbocycles. The molecule has 0 saturated carbocycles. The third-order valence-electron chi connectivity index (χ3n) is 5.28. The fourth-order valence-electron chi connectivity index (χ4n) is 3.61. The van der Waals surface area contributed by atoms with E-state index in [1.54, 1.807) is 12.1 Å². The van der Waals surface area contributed by atoms with Gasteiger partial charge < -0.3 is 5.32 Å². The van der Waals surface area contributed by atoms with Gasteiger partial charge in [-0.3, -0.25) is 4.79 Å². The largest absolute Gasteiger partial charge is 0.326 e. The quantitative estimate of drug-likeness (QED) is 0.692. The van der Waals surface area contributed by atoms with Gasteiger partial charge in [0.05, 0.1) is 4.90 Å². The first-order valence-electron chi connectivity index (χ1n) is 9.94. The summed E-state index contributed by atoms with van der Waals surface area (Å²) in [5.74, 6) is 0.249. The number of piperidine rings is 1. The van der Waals surface area contributed by atoms with Crippen LogP contribution in [0.15, 0.2) is 53.4 Å². The smallest absolute Gasteiger partial charge is 0.243 e. The molecule has 2 aromatic carbocycles. The molecule has 0 aromatic heterocycles. The van der Waals surface area contributed by atoms with Gasteiger partial charge in [0.2, 0.25) is 15.9 Å². The van der Waals surface area contributed by atoms with Crippen molar-refractivity contribution in [2.45, 2.75) is 56.4 Å². The van der Waals surface area contributed by atoms with Crippen LogP contribution in [0.4, 0.5) is 5.69 Å². The number of sulfonamides is 1. The Kier molecular flexibility index (Phi) is 6.98. The Morgan fingerprint density at radius 1 is 1.10 bits per heavy atom. The minimum Gasteiger partial charge on any atom is -0.326 e. The number of nitrogens with one attached hydrogen (secondary N) is 1. The fourth-order valence-corrected chi connectivity index (χ4v) is 5.43. The van der Waals surface area contributed by atoms with E-state index < -0.39 is 10.0 Å². The lowest BCUT2D eigenvalue weighted by molar-refractivity contribution is -0.117. The molecule has 1 amide bonds. The van der Waals surface area contributed by atoms with Crippen LogP contribution in [-0.2, 0) is 14.8 Å². The Balaban J connectivity index is 1.70. The van der Waals surface area contributed by atoms with Crippen molar-refractivity contribution in [1.29, 1.82) is 0 Å². The van der Waals surface area contributed by atoms with E-state index in [-0.39, 0.29) is 23.3 Å². The van der Waals surface area contributed by atoms with E-state index in [0.29, 0.717) is 23.9 Å². The molecule has 1 N–H and O–H groups in total. The molecule has 1 aliphatic heterocycles. The summed E-state index contributed by atoms with van der Waals surface area (Å²) in [7, 11) is -3.67. The Labute approximate surface area is 178 Å². The summed E-state index contributed by atoms with van der Waals surface area (Å²) < 4.78 is 27.7. The minimum atomic E-state index is -3.67. The van der Waals surface area contributed by atoms with Crippen molar-refractivity contribution < 1.29 is 13.2 Å². The highest BCUT2D eigenvalue weighted by Crippen LogP contribution is 2.28. The molecule has 1 aliphatic rings. The van der Waals surface area contributed by atoms with E-state index in [0.717, 1.165) is 18.5 Å². The van der Waals surface area contributed by atoms with Gasteiger partial charge in [-0.2, -0.15) is 4.31 Å². The SMILES string of the molecule is CC(C)c1ccc(NC(=O)CC2CCCCN2S(=O)(=O)c2ccc(Cl)cc2)cc1. The molecule has 1 atom stereocenters. The summed E-state index contributed by atoms with van der Waals surface area (Å²) in [6, 6.07) is 13.6. The van der Waals surface area contributed by atoms with Crippen LogP contribution in [0.5, 0.6) is 0 Å². The van der Waals surface area contributed by atoms with Crippen molar-refractivity contribution >= 4 is 33.2 Å². The summed E-state index contributed by atoms with van der Waals surface area (Å²) in [6.45, 7) is 4.66. The number of carbonyl (C=O) groups is 1. The summed E-state index contributed by atoms with van der Waals surface area (Å²) in [5, 5.41) is 3.38. The Morgan fingerprint density at radius 3 is 2.38 bits per heavy atom. The molecule has 1 heterocycles. The van der Waals surface area contributed by atoms with Gasteiger partial charge in [-0.15, -0.1) is 0 Å². The zero-order valence-electron chi connectivity index (χ0n) is 16.8. The van der Waals surface area contributed by atoms with Gasteiger partial charge in [0.25, 0.3) is 0 Å². The van der Waals surface area contributed by atoms with Crippen LogP contribution >= 0.6 is 11.6 Å². The summed E-state index contributed by atoms with van der Waals surface area (Å²) >= 11 is 5.89. The number of anilines is 1. The molecule has 1 fully saturated rings. The van der Waals surface area contributed by atoms with Crippen molar-refractivity contribution in [3.05, 3.63) is 59.1 Å². The van der Waals surface area contributed by atoms with Crippen LogP contribution < -0.4 is 5.32 Å². The molecule has 7 heteroatoms. The second kappa shape index (κ2) is 9.28. The Hall–Kier alpha value is -1.89. The molecule has 0 radical (unpaired) electrons. The van der Waals surface area contributed by atoms with Crippen LogP contribution in [0.1, 0.15) is 51.0 Å². The van der Waals surface area contributed by atoms with Gasteiger partial charge >= 0.3 is 0 Å². The predicted molar refractivity (Wildman–Crippen MR) is 117 cm³/mol. The van der Waals surface area contributed by atoms with E-state index in [9.17, 15) is 13.2 Å². The van der Waals surface area contributed by atoms with Crippen LogP contribution in [0.2, 0.25) is 5.02 Å². The van der Waals surface area contributed by atoms with Crippen molar-refractivity contribution in [1.82, 2.24) is 4.31 Å². The second-order valence-corrected chi connectivity index (χ2v) is 10.1. The van der Waals surface area contributed by atoms with E-state index in [2.05, 4.69) is 19.2 Å². The standard InChI is InChI=1S/C22H27ClN2O3S/c1-16(2)17-6-10-19(11-7-17)24-22(26)15-20-5-3-4-14-25(20)29(27,28)21-12-8-18(23)9-13-21/h6-13,16,20H,3-5,14-15H2,1-2H3,(H,24,26). The first kappa shape index (κ1) is 21.8. The topological polar surface area (TPSA) is 66.5 Å². The first-order valence-corrected chi connectivity index (χ1v) is 11.8. The predicted octanol–water partition coefficient (Wildman–Crippen LogP) is 5.04. The number of benzene rings is 2. The third-order valence-corrected chi connectivity index (χ3v) is 7.49. The van der Waals surface area contributed by atoms with Gasteiger partial charge in [0.15, 0.2) is 0 Å². The normalized spacial score (nSPS) is 18.0. The van der Waals surface area contributed by atoms with Crippen molar-refractivity contribution in [2.75, 3.05) is 11.9 Å². The Morgan fingerprint density at radius 2 is 1.76 bits per heavy atom. The van der Waals surface area contributed by atoms with Gasteiger partial charge in [0, 0.05) is 29.7 Å². The van der Waals surface area contributed by atoms with Crippen molar-refractivity contribution in [3.8, 4) is 0 Å². The lowest BCUT2D eigenvalue weighted by Gasteiger charge is -2.34. The first-order chi connectivity index (χ1) is 13.8. The highest BCUT2D eigenvalue weighted by molar-refractivity contribution is 7.89. The van der Waals surface area contributed by atoms with E-state index in [4.69, 9.17) is 11.6 Å². The maximum Gasteiger partial charge on any atom is 0.243 e. The Bertz CT molecular complexity index is 941. The molecule has 0 bridgehead atoms. The van der Waals surface area contributed by atoms with Gasteiger partial charge in [-0.1, -0.05) is 44.0 Å². The molecular formula is C22H27ClN2O3S. The molecule has 3 rings (SSSR count). The number of amides is 1. The number of hydrogen-bond donors (Lipinski definition) is 1. The third kappa shape index (κ3) is 5.38. The van der Waals surface area contributed by atoms with Gasteiger partial charge in [-0.05, 0) is 60.7 Å². The number of rotatable bonds is 6. The molecule has 29 heavy (non-hydrogen) atoms. The van der Waals surface area contributed by atoms with Crippen molar-refractivity contribution in [2.24, 2.45) is 0 Å². The molecule has 2 aromatic rings. The minimum absolute atomic E-state index is 0.138. The lowest BCUT2D eigenvalue weighted by Crippen LogP contribution is -2.45. The van der Waals surface area contributed by atoms with Crippen LogP contribution in [0.25, 0.3) is 0 Å². The van der Waals surface area contributed by atoms with Gasteiger partial charge in [-0.25, -0.2) is 8.42 Å². The van der Waals surface area contributed by atoms with Crippen LogP contribution in [0.3, 0.4) is 0 Å². The molecule has 156 valence electrons. The number of hydrogen-bond acceptors (Lipinski definition) is 3. The van der Waals surface area contributed by atoms with E-state index in [1.165, 1.54) is 22.0 Å². The monoisotopic (exact) mass is 434 g/mol.